The Morgan fingerprint density at radius 1 is 1.46 bits per heavy atom. The summed E-state index contributed by atoms with van der Waals surface area (Å²) in [7, 11) is 0. The summed E-state index contributed by atoms with van der Waals surface area (Å²) in [4.78, 5) is 13.6. The molecule has 1 saturated heterocycles. The molecule has 1 amide bonds. The highest BCUT2D eigenvalue weighted by molar-refractivity contribution is 5.77. The summed E-state index contributed by atoms with van der Waals surface area (Å²) in [5, 5.41) is 0. The van der Waals surface area contributed by atoms with Crippen molar-refractivity contribution in [3.63, 3.8) is 0 Å². The van der Waals surface area contributed by atoms with E-state index < -0.39 is 0 Å². The third kappa shape index (κ3) is 2.45. The van der Waals surface area contributed by atoms with Crippen molar-refractivity contribution in [2.45, 2.75) is 40.5 Å². The van der Waals surface area contributed by atoms with Crippen molar-refractivity contribution in [1.29, 1.82) is 0 Å². The number of carbonyl (C=O) groups is 1. The molecule has 1 fully saturated rings. The minimum atomic E-state index is 0.287. The maximum atomic E-state index is 11.6. The third-order valence-electron chi connectivity index (χ3n) is 3.13. The summed E-state index contributed by atoms with van der Waals surface area (Å²) in [5.74, 6) is 0.913. The van der Waals surface area contributed by atoms with Gasteiger partial charge in [-0.05, 0) is 24.7 Å². The van der Waals surface area contributed by atoms with Gasteiger partial charge in [-0.3, -0.25) is 4.79 Å². The molecule has 0 aromatic carbocycles. The first-order valence-corrected chi connectivity index (χ1v) is 5.23. The normalized spacial score (nSPS) is 25.1. The monoisotopic (exact) mass is 183 g/mol. The van der Waals surface area contributed by atoms with Gasteiger partial charge in [0.1, 0.15) is 0 Å². The molecule has 0 spiro atoms. The van der Waals surface area contributed by atoms with Crippen LogP contribution in [0.3, 0.4) is 0 Å². The van der Waals surface area contributed by atoms with Crippen molar-refractivity contribution in [2.75, 3.05) is 13.1 Å². The van der Waals surface area contributed by atoms with Gasteiger partial charge in [-0.25, -0.2) is 0 Å². The van der Waals surface area contributed by atoms with Crippen LogP contribution in [0.1, 0.15) is 40.5 Å². The summed E-state index contributed by atoms with van der Waals surface area (Å²) in [6.07, 6.45) is 1.92. The summed E-state index contributed by atoms with van der Waals surface area (Å²) < 4.78 is 0. The molecule has 1 rings (SSSR count). The van der Waals surface area contributed by atoms with E-state index in [0.29, 0.717) is 11.8 Å². The quantitative estimate of drug-likeness (QED) is 0.611. The van der Waals surface area contributed by atoms with Crippen LogP contribution < -0.4 is 0 Å². The lowest BCUT2D eigenvalue weighted by atomic mass is 9.75. The highest BCUT2D eigenvalue weighted by Gasteiger charge is 2.32. The molecule has 0 radical (unpaired) electrons. The van der Waals surface area contributed by atoms with Crippen LogP contribution in [0.4, 0.5) is 0 Å². The van der Waals surface area contributed by atoms with Gasteiger partial charge < -0.3 is 4.90 Å². The summed E-state index contributed by atoms with van der Waals surface area (Å²) in [5.41, 5.74) is 0.287. The van der Waals surface area contributed by atoms with E-state index in [-0.39, 0.29) is 5.41 Å². The van der Waals surface area contributed by atoms with Gasteiger partial charge in [0.15, 0.2) is 0 Å². The molecule has 0 N–H and O–H groups in total. The summed E-state index contributed by atoms with van der Waals surface area (Å²) in [6, 6.07) is 0. The van der Waals surface area contributed by atoms with Gasteiger partial charge in [0.05, 0.1) is 0 Å². The first-order valence-electron chi connectivity index (χ1n) is 5.23. The molecule has 76 valence electrons. The molecular formula is C11H21NO. The minimum absolute atomic E-state index is 0.287. The number of hydrogen-bond acceptors (Lipinski definition) is 1. The molecule has 0 saturated carbocycles. The number of nitrogens with zero attached hydrogens (tertiary/aromatic N) is 1. The SMILES string of the molecule is CCN1CCC(C(C)(C)C)CC1=O. The molecule has 0 bridgehead atoms. The molecule has 0 aromatic rings. The average Bonchev–Trinajstić information content (AvgIpc) is 2.02. The van der Waals surface area contributed by atoms with E-state index in [4.69, 9.17) is 0 Å². The van der Waals surface area contributed by atoms with E-state index in [1.165, 1.54) is 6.42 Å². The fourth-order valence-electron chi connectivity index (χ4n) is 1.95. The van der Waals surface area contributed by atoms with E-state index in [9.17, 15) is 4.79 Å². The van der Waals surface area contributed by atoms with E-state index in [1.807, 2.05) is 4.90 Å². The predicted molar refractivity (Wildman–Crippen MR) is 54.4 cm³/mol. The highest BCUT2D eigenvalue weighted by Crippen LogP contribution is 2.34. The second-order valence-electron chi connectivity index (χ2n) is 5.03. The molecule has 1 aliphatic rings. The number of likely N-dealkylation sites (tertiary alicyclic amines) is 1. The standard InChI is InChI=1S/C11H21NO/c1-5-12-7-6-9(8-10(12)13)11(2,3)4/h9H,5-8H2,1-4H3. The predicted octanol–water partition coefficient (Wildman–Crippen LogP) is 2.29. The van der Waals surface area contributed by atoms with E-state index in [2.05, 4.69) is 27.7 Å². The lowest BCUT2D eigenvalue weighted by Crippen LogP contribution is -2.41. The van der Waals surface area contributed by atoms with Gasteiger partial charge >= 0.3 is 0 Å². The van der Waals surface area contributed by atoms with Crippen LogP contribution in [-0.4, -0.2) is 23.9 Å². The zero-order chi connectivity index (χ0) is 10.1. The van der Waals surface area contributed by atoms with Crippen LogP contribution in [0.15, 0.2) is 0 Å². The topological polar surface area (TPSA) is 20.3 Å². The summed E-state index contributed by atoms with van der Waals surface area (Å²) in [6.45, 7) is 10.6. The molecule has 2 heteroatoms. The molecule has 1 unspecified atom stereocenters. The van der Waals surface area contributed by atoms with Crippen molar-refractivity contribution < 1.29 is 4.79 Å². The maximum Gasteiger partial charge on any atom is 0.222 e. The van der Waals surface area contributed by atoms with Crippen LogP contribution in [0.2, 0.25) is 0 Å². The van der Waals surface area contributed by atoms with E-state index in [1.54, 1.807) is 0 Å². The molecular weight excluding hydrogens is 162 g/mol. The van der Waals surface area contributed by atoms with Crippen LogP contribution >= 0.6 is 0 Å². The highest BCUT2D eigenvalue weighted by atomic mass is 16.2. The molecule has 1 aliphatic heterocycles. The van der Waals surface area contributed by atoms with Gasteiger partial charge in [0.2, 0.25) is 5.91 Å². The lowest BCUT2D eigenvalue weighted by molar-refractivity contribution is -0.136. The Kier molecular flexibility index (Phi) is 2.99. The Morgan fingerprint density at radius 3 is 2.46 bits per heavy atom. The maximum absolute atomic E-state index is 11.6. The number of rotatable bonds is 1. The molecule has 1 atom stereocenters. The second kappa shape index (κ2) is 3.69. The summed E-state index contributed by atoms with van der Waals surface area (Å²) >= 11 is 0. The second-order valence-corrected chi connectivity index (χ2v) is 5.03. The molecule has 1 heterocycles. The third-order valence-corrected chi connectivity index (χ3v) is 3.13. The molecule has 2 nitrogen and oxygen atoms in total. The van der Waals surface area contributed by atoms with Gasteiger partial charge in [0.25, 0.3) is 0 Å². The van der Waals surface area contributed by atoms with Crippen molar-refractivity contribution in [3.8, 4) is 0 Å². The van der Waals surface area contributed by atoms with Gasteiger partial charge in [-0.1, -0.05) is 20.8 Å². The first-order chi connectivity index (χ1) is 5.95. The number of carbonyl (C=O) groups excluding carboxylic acids is 1. The van der Waals surface area contributed by atoms with E-state index in [0.717, 1.165) is 19.5 Å². The van der Waals surface area contributed by atoms with Gasteiger partial charge in [0, 0.05) is 19.5 Å². The number of amides is 1. The Bertz CT molecular complexity index is 193. The van der Waals surface area contributed by atoms with Crippen LogP contribution in [-0.2, 0) is 4.79 Å². The van der Waals surface area contributed by atoms with E-state index >= 15 is 0 Å². The van der Waals surface area contributed by atoms with Crippen LogP contribution in [0.25, 0.3) is 0 Å². The molecule has 13 heavy (non-hydrogen) atoms. The molecule has 0 aromatic heterocycles. The van der Waals surface area contributed by atoms with Gasteiger partial charge in [-0.2, -0.15) is 0 Å². The number of piperidine rings is 1. The zero-order valence-electron chi connectivity index (χ0n) is 9.26. The fraction of sp³-hybridized carbons (Fsp3) is 0.909. The molecule has 0 aliphatic carbocycles. The van der Waals surface area contributed by atoms with Crippen LogP contribution in [0, 0.1) is 11.3 Å². The van der Waals surface area contributed by atoms with Gasteiger partial charge in [-0.15, -0.1) is 0 Å². The largest absolute Gasteiger partial charge is 0.343 e. The number of hydrogen-bond donors (Lipinski definition) is 0. The van der Waals surface area contributed by atoms with Crippen molar-refractivity contribution in [3.05, 3.63) is 0 Å². The van der Waals surface area contributed by atoms with Crippen molar-refractivity contribution in [2.24, 2.45) is 11.3 Å². The average molecular weight is 183 g/mol. The minimum Gasteiger partial charge on any atom is -0.343 e. The first kappa shape index (κ1) is 10.6. The van der Waals surface area contributed by atoms with Crippen LogP contribution in [0.5, 0.6) is 0 Å². The lowest BCUT2D eigenvalue weighted by Gasteiger charge is -2.37. The Balaban J connectivity index is 2.56. The Morgan fingerprint density at radius 2 is 2.08 bits per heavy atom. The Labute approximate surface area is 81.3 Å². The van der Waals surface area contributed by atoms with Crippen molar-refractivity contribution >= 4 is 5.91 Å². The fourth-order valence-corrected chi connectivity index (χ4v) is 1.95. The smallest absolute Gasteiger partial charge is 0.222 e. The zero-order valence-corrected chi connectivity index (χ0v) is 9.26. The Hall–Kier alpha value is -0.530. The van der Waals surface area contributed by atoms with Crippen molar-refractivity contribution in [1.82, 2.24) is 4.90 Å².